The highest BCUT2D eigenvalue weighted by Gasteiger charge is 2.14. The third kappa shape index (κ3) is 5.68. The number of nitrogens with zero attached hydrogens (tertiary/aromatic N) is 3. The first-order valence-electron chi connectivity index (χ1n) is 11.7. The second-order valence-electron chi connectivity index (χ2n) is 8.84. The van der Waals surface area contributed by atoms with Crippen LogP contribution in [0.5, 0.6) is 0 Å². The van der Waals surface area contributed by atoms with E-state index in [1.54, 1.807) is 18.5 Å². The fraction of sp³-hybridized carbons (Fsp3) is 0.138. The van der Waals surface area contributed by atoms with Gasteiger partial charge in [0.1, 0.15) is 5.82 Å². The van der Waals surface area contributed by atoms with Crippen LogP contribution in [0.1, 0.15) is 32.6 Å². The number of rotatable bonds is 7. The molecule has 5 nitrogen and oxygen atoms in total. The molecule has 5 aromatic rings. The number of imidazole rings is 1. The molecule has 0 bridgehead atoms. The van der Waals surface area contributed by atoms with Crippen LogP contribution in [-0.2, 0) is 12.3 Å². The van der Waals surface area contributed by atoms with Gasteiger partial charge in [-0.25, -0.2) is 9.37 Å². The van der Waals surface area contributed by atoms with E-state index in [2.05, 4.69) is 14.9 Å². The number of halogens is 2. The van der Waals surface area contributed by atoms with Crippen molar-refractivity contribution in [3.63, 3.8) is 0 Å². The molecule has 8 heteroatoms. The first-order chi connectivity index (χ1) is 17.9. The van der Waals surface area contributed by atoms with Gasteiger partial charge >= 0.3 is 0 Å². The number of hydrogen-bond acceptors (Lipinski definition) is 4. The van der Waals surface area contributed by atoms with Crippen LogP contribution in [0.25, 0.3) is 11.0 Å². The maximum atomic E-state index is 13.4. The molecular weight excluding hydrogens is 507 g/mol. The lowest BCUT2D eigenvalue weighted by molar-refractivity contribution is 0.102. The number of benzene rings is 3. The molecule has 0 saturated heterocycles. The number of pyridine rings is 1. The van der Waals surface area contributed by atoms with Crippen LogP contribution in [0.2, 0.25) is 5.02 Å². The van der Waals surface area contributed by atoms with E-state index in [0.29, 0.717) is 22.9 Å². The zero-order chi connectivity index (χ0) is 25.9. The van der Waals surface area contributed by atoms with Crippen LogP contribution in [0.15, 0.2) is 84.3 Å². The minimum absolute atomic E-state index is 0.150. The summed E-state index contributed by atoms with van der Waals surface area (Å²) in [6.45, 7) is 4.56. The largest absolute Gasteiger partial charge is 0.322 e. The fourth-order valence-corrected chi connectivity index (χ4v) is 5.42. The smallest absolute Gasteiger partial charge is 0.255 e. The normalized spacial score (nSPS) is 11.1. The Bertz CT molecular complexity index is 1600. The van der Waals surface area contributed by atoms with E-state index in [-0.39, 0.29) is 11.7 Å². The number of nitrogens with one attached hydrogen (secondary N) is 1. The number of aromatic nitrogens is 3. The number of anilines is 1. The van der Waals surface area contributed by atoms with E-state index in [9.17, 15) is 9.18 Å². The van der Waals surface area contributed by atoms with Crippen molar-refractivity contribution in [2.75, 3.05) is 5.32 Å². The molecule has 2 heterocycles. The summed E-state index contributed by atoms with van der Waals surface area (Å²) in [6.07, 6.45) is 3.51. The average molecular weight is 531 g/mol. The second kappa shape index (κ2) is 10.7. The van der Waals surface area contributed by atoms with Crippen molar-refractivity contribution in [2.45, 2.75) is 31.3 Å². The first-order valence-corrected chi connectivity index (χ1v) is 13.1. The maximum absolute atomic E-state index is 13.4. The number of thioether (sulfide) groups is 1. The van der Waals surface area contributed by atoms with Gasteiger partial charge in [-0.3, -0.25) is 9.78 Å². The van der Waals surface area contributed by atoms with Crippen LogP contribution >= 0.6 is 23.4 Å². The van der Waals surface area contributed by atoms with E-state index in [0.717, 1.165) is 44.1 Å². The van der Waals surface area contributed by atoms with Gasteiger partial charge in [0.25, 0.3) is 5.91 Å². The molecule has 37 heavy (non-hydrogen) atoms. The summed E-state index contributed by atoms with van der Waals surface area (Å²) in [5.74, 6) is 0.0410. The molecule has 0 saturated carbocycles. The molecule has 1 amide bonds. The molecule has 1 N–H and O–H groups in total. The Kier molecular flexibility index (Phi) is 7.26. The Morgan fingerprint density at radius 3 is 2.62 bits per heavy atom. The quantitative estimate of drug-likeness (QED) is 0.222. The molecular formula is C29H24ClFN4OS. The number of fused-ring (bicyclic) bond motifs is 1. The van der Waals surface area contributed by atoms with Crippen molar-refractivity contribution in [1.82, 2.24) is 14.5 Å². The number of aryl methyl sites for hydroxylation is 2. The highest BCUT2D eigenvalue weighted by atomic mass is 35.5. The standard InChI is InChI=1S/C29H24ClFN4OS/c1-18-3-10-25(19(2)13-18)33-28(36)21-6-4-20(5-7-21)16-35-27-15-32-12-11-26(27)34-29(35)37-17-22-8-9-23(31)14-24(22)30/h3-15H,16-17H2,1-2H3,(H,33,36). The highest BCUT2D eigenvalue weighted by Crippen LogP contribution is 2.30. The van der Waals surface area contributed by atoms with Crippen molar-refractivity contribution in [2.24, 2.45) is 0 Å². The number of carbonyl (C=O) groups excluding carboxylic acids is 1. The lowest BCUT2D eigenvalue weighted by Gasteiger charge is -2.11. The van der Waals surface area contributed by atoms with E-state index in [1.165, 1.54) is 23.9 Å². The van der Waals surface area contributed by atoms with E-state index in [4.69, 9.17) is 16.6 Å². The van der Waals surface area contributed by atoms with Gasteiger partial charge in [0, 0.05) is 28.2 Å². The predicted molar refractivity (Wildman–Crippen MR) is 148 cm³/mol. The molecule has 0 fully saturated rings. The van der Waals surface area contributed by atoms with Crippen LogP contribution in [0, 0.1) is 19.7 Å². The second-order valence-corrected chi connectivity index (χ2v) is 10.2. The maximum Gasteiger partial charge on any atom is 0.255 e. The van der Waals surface area contributed by atoms with Gasteiger partial charge in [-0.1, -0.05) is 59.3 Å². The minimum Gasteiger partial charge on any atom is -0.322 e. The zero-order valence-corrected chi connectivity index (χ0v) is 21.9. The Morgan fingerprint density at radius 1 is 1.05 bits per heavy atom. The zero-order valence-electron chi connectivity index (χ0n) is 20.3. The Balaban J connectivity index is 1.35. The van der Waals surface area contributed by atoms with Gasteiger partial charge in [-0.05, 0) is 66.9 Å². The number of hydrogen-bond donors (Lipinski definition) is 1. The van der Waals surface area contributed by atoms with Crippen LogP contribution in [0.4, 0.5) is 10.1 Å². The minimum atomic E-state index is -0.358. The van der Waals surface area contributed by atoms with Crippen LogP contribution in [-0.4, -0.2) is 20.4 Å². The molecule has 0 unspecified atom stereocenters. The molecule has 5 rings (SSSR count). The number of amides is 1. The fourth-order valence-electron chi connectivity index (χ4n) is 4.08. The van der Waals surface area contributed by atoms with Gasteiger partial charge in [0.05, 0.1) is 23.8 Å². The lowest BCUT2D eigenvalue weighted by Crippen LogP contribution is -2.13. The molecule has 0 aliphatic carbocycles. The van der Waals surface area contributed by atoms with Crippen molar-refractivity contribution in [3.05, 3.63) is 118 Å². The average Bonchev–Trinajstić information content (AvgIpc) is 3.23. The third-order valence-corrected chi connectivity index (χ3v) is 7.45. The molecule has 2 aromatic heterocycles. The van der Waals surface area contributed by atoms with Gasteiger partial charge in [-0.2, -0.15) is 0 Å². The summed E-state index contributed by atoms with van der Waals surface area (Å²) in [7, 11) is 0. The molecule has 0 spiro atoms. The summed E-state index contributed by atoms with van der Waals surface area (Å²) in [6, 6.07) is 19.8. The first kappa shape index (κ1) is 25.0. The molecule has 0 radical (unpaired) electrons. The number of carbonyl (C=O) groups is 1. The Hall–Kier alpha value is -3.68. The van der Waals surface area contributed by atoms with Crippen LogP contribution < -0.4 is 5.32 Å². The molecule has 186 valence electrons. The SMILES string of the molecule is Cc1ccc(NC(=O)c2ccc(Cn3c(SCc4ccc(F)cc4Cl)nc4ccncc43)cc2)c(C)c1. The van der Waals surface area contributed by atoms with Crippen molar-refractivity contribution < 1.29 is 9.18 Å². The van der Waals surface area contributed by atoms with Gasteiger partial charge in [0.15, 0.2) is 5.16 Å². The van der Waals surface area contributed by atoms with Gasteiger partial charge in [0.2, 0.25) is 0 Å². The predicted octanol–water partition coefficient (Wildman–Crippen LogP) is 7.43. The molecule has 0 aliphatic rings. The Morgan fingerprint density at radius 2 is 1.86 bits per heavy atom. The van der Waals surface area contributed by atoms with E-state index >= 15 is 0 Å². The van der Waals surface area contributed by atoms with Crippen molar-refractivity contribution in [3.8, 4) is 0 Å². The summed E-state index contributed by atoms with van der Waals surface area (Å²) in [4.78, 5) is 21.9. The highest BCUT2D eigenvalue weighted by molar-refractivity contribution is 7.98. The summed E-state index contributed by atoms with van der Waals surface area (Å²) in [5.41, 5.74) is 7.18. The van der Waals surface area contributed by atoms with Crippen LogP contribution in [0.3, 0.4) is 0 Å². The van der Waals surface area contributed by atoms with Crippen molar-refractivity contribution in [1.29, 1.82) is 0 Å². The van der Waals surface area contributed by atoms with Gasteiger partial charge in [-0.15, -0.1) is 0 Å². The van der Waals surface area contributed by atoms with Gasteiger partial charge < -0.3 is 9.88 Å². The summed E-state index contributed by atoms with van der Waals surface area (Å²) < 4.78 is 15.5. The molecule has 0 atom stereocenters. The topological polar surface area (TPSA) is 59.8 Å². The Labute approximate surface area is 223 Å². The summed E-state index contributed by atoms with van der Waals surface area (Å²) in [5, 5.41) is 4.19. The van der Waals surface area contributed by atoms with E-state index in [1.807, 2.05) is 62.4 Å². The molecule has 3 aromatic carbocycles. The third-order valence-electron chi connectivity index (χ3n) is 6.07. The molecule has 0 aliphatic heterocycles. The summed E-state index contributed by atoms with van der Waals surface area (Å²) >= 11 is 7.76. The van der Waals surface area contributed by atoms with Crippen molar-refractivity contribution >= 4 is 46.0 Å². The lowest BCUT2D eigenvalue weighted by atomic mass is 10.1. The monoisotopic (exact) mass is 530 g/mol. The van der Waals surface area contributed by atoms with E-state index < -0.39 is 0 Å².